The second kappa shape index (κ2) is 20.7. The molecule has 1 aliphatic heterocycles. The molecule has 37 heavy (non-hydrogen) atoms. The van der Waals surface area contributed by atoms with Crippen molar-refractivity contribution >= 4 is 12.2 Å². The number of carbonyl (C=O) groups is 2. The molecule has 8 heteroatoms. The largest absolute Gasteiger partial charge is 0.449 e. The van der Waals surface area contributed by atoms with E-state index in [9.17, 15) is 9.59 Å². The van der Waals surface area contributed by atoms with Gasteiger partial charge in [0.25, 0.3) is 0 Å². The Bertz CT molecular complexity index is 719. The average Bonchev–Trinajstić information content (AvgIpc) is 3.38. The van der Waals surface area contributed by atoms with Crippen LogP contribution in [0.3, 0.4) is 0 Å². The van der Waals surface area contributed by atoms with Gasteiger partial charge in [-0.25, -0.2) is 9.59 Å². The number of ether oxygens (including phenoxy) is 3. The van der Waals surface area contributed by atoms with Gasteiger partial charge in [0.05, 0.1) is 31.6 Å². The van der Waals surface area contributed by atoms with Crippen LogP contribution >= 0.6 is 0 Å². The summed E-state index contributed by atoms with van der Waals surface area (Å²) in [6, 6.07) is 5.52. The van der Waals surface area contributed by atoms with Gasteiger partial charge in [0.1, 0.15) is 6.61 Å². The van der Waals surface area contributed by atoms with Gasteiger partial charge in [0.2, 0.25) is 0 Å². The highest BCUT2D eigenvalue weighted by molar-refractivity contribution is 5.67. The Hall–Kier alpha value is -2.35. The van der Waals surface area contributed by atoms with E-state index >= 15 is 0 Å². The van der Waals surface area contributed by atoms with Gasteiger partial charge in [-0.3, -0.25) is 4.98 Å². The molecule has 8 nitrogen and oxygen atoms in total. The summed E-state index contributed by atoms with van der Waals surface area (Å²) in [5, 5.41) is 5.51. The van der Waals surface area contributed by atoms with Crippen LogP contribution < -0.4 is 10.6 Å². The average molecular weight is 520 g/mol. The molecule has 1 aromatic heterocycles. The van der Waals surface area contributed by atoms with E-state index in [4.69, 9.17) is 14.2 Å². The molecule has 2 atom stereocenters. The molecule has 0 bridgehead atoms. The molecular weight excluding hydrogens is 470 g/mol. The first-order chi connectivity index (χ1) is 18.2. The van der Waals surface area contributed by atoms with Crippen molar-refractivity contribution in [1.29, 1.82) is 0 Å². The number of hydrogen-bond acceptors (Lipinski definition) is 6. The molecule has 1 fully saturated rings. The van der Waals surface area contributed by atoms with E-state index in [2.05, 4.69) is 22.5 Å². The van der Waals surface area contributed by atoms with Crippen LogP contribution in [-0.4, -0.2) is 49.6 Å². The maximum Gasteiger partial charge on any atom is 0.407 e. The highest BCUT2D eigenvalue weighted by atomic mass is 16.6. The van der Waals surface area contributed by atoms with Gasteiger partial charge in [-0.05, 0) is 25.0 Å². The predicted molar refractivity (Wildman–Crippen MR) is 145 cm³/mol. The molecule has 0 aromatic carbocycles. The molecule has 2 unspecified atom stereocenters. The molecule has 1 aliphatic rings. The van der Waals surface area contributed by atoms with Gasteiger partial charge >= 0.3 is 12.2 Å². The normalized spacial score (nSPS) is 16.9. The Morgan fingerprint density at radius 3 is 2.14 bits per heavy atom. The number of pyridine rings is 1. The minimum absolute atomic E-state index is 0.118. The lowest BCUT2D eigenvalue weighted by Crippen LogP contribution is -2.28. The van der Waals surface area contributed by atoms with E-state index in [-0.39, 0.29) is 24.7 Å². The number of nitrogens with zero attached hydrogens (tertiary/aromatic N) is 1. The molecule has 1 saturated heterocycles. The smallest absolute Gasteiger partial charge is 0.407 e. The molecule has 210 valence electrons. The quantitative estimate of drug-likeness (QED) is 0.190. The first-order valence-corrected chi connectivity index (χ1v) is 14.5. The summed E-state index contributed by atoms with van der Waals surface area (Å²) >= 11 is 0. The topological polar surface area (TPSA) is 98.8 Å². The van der Waals surface area contributed by atoms with Crippen molar-refractivity contribution in [2.24, 2.45) is 5.92 Å². The van der Waals surface area contributed by atoms with E-state index in [1.807, 2.05) is 18.2 Å². The van der Waals surface area contributed by atoms with Gasteiger partial charge < -0.3 is 24.8 Å². The van der Waals surface area contributed by atoms with Crippen molar-refractivity contribution in [3.8, 4) is 0 Å². The molecule has 2 heterocycles. The Morgan fingerprint density at radius 1 is 0.865 bits per heavy atom. The number of carbonyl (C=O) groups excluding carboxylic acids is 2. The van der Waals surface area contributed by atoms with Crippen molar-refractivity contribution in [3.63, 3.8) is 0 Å². The van der Waals surface area contributed by atoms with Crippen LogP contribution in [0, 0.1) is 5.92 Å². The highest BCUT2D eigenvalue weighted by Crippen LogP contribution is 2.20. The van der Waals surface area contributed by atoms with E-state index in [0.717, 1.165) is 18.5 Å². The van der Waals surface area contributed by atoms with Gasteiger partial charge in [0.15, 0.2) is 0 Å². The fourth-order valence-corrected chi connectivity index (χ4v) is 4.48. The molecule has 2 amide bonds. The zero-order valence-electron chi connectivity index (χ0n) is 22.9. The third-order valence-electron chi connectivity index (χ3n) is 6.70. The third kappa shape index (κ3) is 16.2. The second-order valence-electron chi connectivity index (χ2n) is 10.1. The zero-order chi connectivity index (χ0) is 26.4. The third-order valence-corrected chi connectivity index (χ3v) is 6.70. The monoisotopic (exact) mass is 519 g/mol. The van der Waals surface area contributed by atoms with Crippen LogP contribution in [0.2, 0.25) is 0 Å². The Labute approximate surface area is 223 Å². The molecule has 0 aliphatic carbocycles. The summed E-state index contributed by atoms with van der Waals surface area (Å²) in [6.07, 6.45) is 18.3. The van der Waals surface area contributed by atoms with Crippen molar-refractivity contribution in [3.05, 3.63) is 30.1 Å². The number of amides is 2. The fraction of sp³-hybridized carbons (Fsp3) is 0.759. The van der Waals surface area contributed by atoms with Crippen LogP contribution in [0.15, 0.2) is 24.4 Å². The van der Waals surface area contributed by atoms with E-state index in [0.29, 0.717) is 32.7 Å². The number of nitrogens with one attached hydrogen (secondary N) is 2. The fourth-order valence-electron chi connectivity index (χ4n) is 4.48. The highest BCUT2D eigenvalue weighted by Gasteiger charge is 2.27. The first-order valence-electron chi connectivity index (χ1n) is 14.5. The lowest BCUT2D eigenvalue weighted by Gasteiger charge is -2.12. The minimum Gasteiger partial charge on any atom is -0.449 e. The summed E-state index contributed by atoms with van der Waals surface area (Å²) in [5.74, 6) is 0.118. The SMILES string of the molecule is CCCCCCCCCCCCCCCNC(=O)OCC1COC(COC(=O)NCc2ccccn2)C1. The first kappa shape index (κ1) is 30.9. The lowest BCUT2D eigenvalue weighted by molar-refractivity contribution is 0.0410. The molecule has 2 rings (SSSR count). The van der Waals surface area contributed by atoms with Crippen molar-refractivity contribution in [2.45, 2.75) is 109 Å². The van der Waals surface area contributed by atoms with Gasteiger partial charge in [-0.1, -0.05) is 90.0 Å². The van der Waals surface area contributed by atoms with Crippen LogP contribution in [0.4, 0.5) is 9.59 Å². The number of alkyl carbamates (subject to hydrolysis) is 2. The van der Waals surface area contributed by atoms with E-state index in [1.165, 1.54) is 70.6 Å². The van der Waals surface area contributed by atoms with Crippen LogP contribution in [0.25, 0.3) is 0 Å². The summed E-state index contributed by atoms with van der Waals surface area (Å²) < 4.78 is 16.2. The molecule has 1 aromatic rings. The van der Waals surface area contributed by atoms with Crippen LogP contribution in [0.5, 0.6) is 0 Å². The van der Waals surface area contributed by atoms with Crippen molar-refractivity contribution in [1.82, 2.24) is 15.6 Å². The standard InChI is InChI=1S/C29H49N3O5/c1-2-3-4-5-6-7-8-9-10-11-12-13-15-19-31-28(33)36-23-25-20-27(35-22-25)24-37-29(34)32-21-26-17-14-16-18-30-26/h14,16-18,25,27H,2-13,15,19-24H2,1H3,(H,31,33)(H,32,34). The van der Waals surface area contributed by atoms with E-state index in [1.54, 1.807) is 6.20 Å². The second-order valence-corrected chi connectivity index (χ2v) is 10.1. The molecule has 2 N–H and O–H groups in total. The molecular formula is C29H49N3O5. The summed E-state index contributed by atoms with van der Waals surface area (Å²) in [7, 11) is 0. The van der Waals surface area contributed by atoms with Crippen LogP contribution in [-0.2, 0) is 20.8 Å². The maximum atomic E-state index is 11.9. The number of hydrogen-bond donors (Lipinski definition) is 2. The molecule has 0 spiro atoms. The number of unbranched alkanes of at least 4 members (excludes halogenated alkanes) is 12. The summed E-state index contributed by atoms with van der Waals surface area (Å²) in [5.41, 5.74) is 0.765. The van der Waals surface area contributed by atoms with Crippen molar-refractivity contribution < 1.29 is 23.8 Å². The Kier molecular flexibility index (Phi) is 17.3. The number of rotatable bonds is 20. The summed E-state index contributed by atoms with van der Waals surface area (Å²) in [6.45, 7) is 4.22. The Morgan fingerprint density at radius 2 is 1.49 bits per heavy atom. The summed E-state index contributed by atoms with van der Waals surface area (Å²) in [4.78, 5) is 27.9. The lowest BCUT2D eigenvalue weighted by atomic mass is 10.0. The zero-order valence-corrected chi connectivity index (χ0v) is 22.9. The van der Waals surface area contributed by atoms with Crippen LogP contribution in [0.1, 0.15) is 103 Å². The Balaban J connectivity index is 1.35. The molecule has 0 radical (unpaired) electrons. The minimum atomic E-state index is -0.499. The van der Waals surface area contributed by atoms with Gasteiger partial charge in [0, 0.05) is 18.7 Å². The predicted octanol–water partition coefficient (Wildman–Crippen LogP) is 6.53. The number of aromatic nitrogens is 1. The van der Waals surface area contributed by atoms with Crippen molar-refractivity contribution in [2.75, 3.05) is 26.4 Å². The van der Waals surface area contributed by atoms with Gasteiger partial charge in [-0.15, -0.1) is 0 Å². The van der Waals surface area contributed by atoms with Gasteiger partial charge in [-0.2, -0.15) is 0 Å². The van der Waals surface area contributed by atoms with E-state index < -0.39 is 6.09 Å². The maximum absolute atomic E-state index is 11.9. The molecule has 0 saturated carbocycles.